The van der Waals surface area contributed by atoms with E-state index in [0.717, 1.165) is 34.5 Å². The molecule has 1 amide bonds. The summed E-state index contributed by atoms with van der Waals surface area (Å²) in [6.45, 7) is 0.501. The molecule has 1 heterocycles. The van der Waals surface area contributed by atoms with Crippen LogP contribution in [0, 0.1) is 5.92 Å². The quantitative estimate of drug-likeness (QED) is 0.900. The topological polar surface area (TPSA) is 68.0 Å². The summed E-state index contributed by atoms with van der Waals surface area (Å²) in [5, 5.41) is 3.91. The first-order chi connectivity index (χ1) is 9.24. The summed E-state index contributed by atoms with van der Waals surface area (Å²) in [6.07, 6.45) is 2.92. The lowest BCUT2D eigenvalue weighted by atomic mass is 10.0. The van der Waals surface area contributed by atoms with Crippen LogP contribution >= 0.6 is 11.3 Å². The maximum atomic E-state index is 12.0. The van der Waals surface area contributed by atoms with Gasteiger partial charge in [0, 0.05) is 6.04 Å². The molecule has 1 fully saturated rings. The highest BCUT2D eigenvalue weighted by Gasteiger charge is 2.29. The van der Waals surface area contributed by atoms with Crippen molar-refractivity contribution in [2.45, 2.75) is 31.8 Å². The molecule has 100 valence electrons. The Morgan fingerprint density at radius 2 is 2.26 bits per heavy atom. The minimum Gasteiger partial charge on any atom is -0.349 e. The lowest BCUT2D eigenvalue weighted by molar-refractivity contribution is -0.125. The number of rotatable bonds is 3. The van der Waals surface area contributed by atoms with Gasteiger partial charge in [-0.3, -0.25) is 4.79 Å². The van der Waals surface area contributed by atoms with Gasteiger partial charge in [-0.1, -0.05) is 18.6 Å². The second-order valence-corrected chi connectivity index (χ2v) is 6.11. The van der Waals surface area contributed by atoms with E-state index in [9.17, 15) is 4.79 Å². The van der Waals surface area contributed by atoms with Gasteiger partial charge in [0.05, 0.1) is 22.7 Å². The van der Waals surface area contributed by atoms with Crippen LogP contribution in [0.2, 0.25) is 0 Å². The number of benzene rings is 1. The molecule has 3 N–H and O–H groups in total. The normalized spacial score (nSPS) is 22.8. The molecular formula is C14H17N3OS. The lowest BCUT2D eigenvalue weighted by Gasteiger charge is -2.14. The fourth-order valence-electron chi connectivity index (χ4n) is 2.60. The molecule has 0 spiro atoms. The molecule has 19 heavy (non-hydrogen) atoms. The zero-order valence-corrected chi connectivity index (χ0v) is 11.5. The van der Waals surface area contributed by atoms with E-state index in [2.05, 4.69) is 10.3 Å². The molecule has 0 saturated heterocycles. The Morgan fingerprint density at radius 1 is 1.42 bits per heavy atom. The van der Waals surface area contributed by atoms with Crippen molar-refractivity contribution in [2.24, 2.45) is 11.7 Å². The monoisotopic (exact) mass is 275 g/mol. The molecule has 3 rings (SSSR count). The van der Waals surface area contributed by atoms with Gasteiger partial charge in [0.25, 0.3) is 0 Å². The van der Waals surface area contributed by atoms with Gasteiger partial charge < -0.3 is 11.1 Å². The Bertz CT molecular complexity index is 562. The zero-order valence-electron chi connectivity index (χ0n) is 10.6. The van der Waals surface area contributed by atoms with Crippen molar-refractivity contribution in [1.82, 2.24) is 10.3 Å². The molecule has 1 aromatic carbocycles. The Balaban J connectivity index is 1.64. The van der Waals surface area contributed by atoms with Crippen molar-refractivity contribution in [3.8, 4) is 0 Å². The Morgan fingerprint density at radius 3 is 3.00 bits per heavy atom. The van der Waals surface area contributed by atoms with E-state index < -0.39 is 0 Å². The van der Waals surface area contributed by atoms with Crippen LogP contribution in [0.3, 0.4) is 0 Å². The van der Waals surface area contributed by atoms with Crippen LogP contribution in [-0.4, -0.2) is 16.9 Å². The van der Waals surface area contributed by atoms with Gasteiger partial charge in [-0.25, -0.2) is 4.98 Å². The number of hydrogen-bond acceptors (Lipinski definition) is 4. The summed E-state index contributed by atoms with van der Waals surface area (Å²) < 4.78 is 1.16. The average Bonchev–Trinajstić information content (AvgIpc) is 3.01. The first-order valence-corrected chi connectivity index (χ1v) is 7.43. The third-order valence-corrected chi connectivity index (χ3v) is 4.69. The van der Waals surface area contributed by atoms with Crippen molar-refractivity contribution in [3.63, 3.8) is 0 Å². The van der Waals surface area contributed by atoms with E-state index in [1.54, 1.807) is 11.3 Å². The summed E-state index contributed by atoms with van der Waals surface area (Å²) >= 11 is 1.63. The largest absolute Gasteiger partial charge is 0.349 e. The molecule has 2 atom stereocenters. The molecule has 0 bridgehead atoms. The van der Waals surface area contributed by atoms with Gasteiger partial charge in [-0.15, -0.1) is 11.3 Å². The van der Waals surface area contributed by atoms with E-state index in [4.69, 9.17) is 5.73 Å². The molecule has 1 aromatic heterocycles. The molecular weight excluding hydrogens is 258 g/mol. The number of nitrogens with two attached hydrogens (primary N) is 1. The summed E-state index contributed by atoms with van der Waals surface area (Å²) in [5.74, 6) is 0.0543. The van der Waals surface area contributed by atoms with Gasteiger partial charge in [0.15, 0.2) is 0 Å². The number of nitrogens with one attached hydrogen (secondary N) is 1. The number of nitrogens with zero attached hydrogens (tertiary/aromatic N) is 1. The molecule has 1 saturated carbocycles. The molecule has 0 radical (unpaired) electrons. The van der Waals surface area contributed by atoms with Gasteiger partial charge >= 0.3 is 0 Å². The SMILES string of the molecule is NC1CCCC1C(=O)NCc1nc2ccccc2s1. The summed E-state index contributed by atoms with van der Waals surface area (Å²) in [4.78, 5) is 16.5. The van der Waals surface area contributed by atoms with E-state index in [1.807, 2.05) is 24.3 Å². The van der Waals surface area contributed by atoms with Crippen molar-refractivity contribution < 1.29 is 4.79 Å². The zero-order chi connectivity index (χ0) is 13.2. The van der Waals surface area contributed by atoms with Gasteiger partial charge in [0.1, 0.15) is 5.01 Å². The van der Waals surface area contributed by atoms with Crippen molar-refractivity contribution in [3.05, 3.63) is 29.3 Å². The smallest absolute Gasteiger partial charge is 0.225 e. The van der Waals surface area contributed by atoms with Crippen LogP contribution in [0.15, 0.2) is 24.3 Å². The first-order valence-electron chi connectivity index (χ1n) is 6.62. The summed E-state index contributed by atoms with van der Waals surface area (Å²) in [5.41, 5.74) is 6.93. The van der Waals surface area contributed by atoms with Gasteiger partial charge in [0.2, 0.25) is 5.91 Å². The summed E-state index contributed by atoms with van der Waals surface area (Å²) in [7, 11) is 0. The second kappa shape index (κ2) is 5.27. The van der Waals surface area contributed by atoms with Crippen LogP contribution in [0.25, 0.3) is 10.2 Å². The van der Waals surface area contributed by atoms with Crippen LogP contribution < -0.4 is 11.1 Å². The number of para-hydroxylation sites is 1. The number of fused-ring (bicyclic) bond motifs is 1. The maximum Gasteiger partial charge on any atom is 0.225 e. The van der Waals surface area contributed by atoms with E-state index >= 15 is 0 Å². The third-order valence-electron chi connectivity index (χ3n) is 3.66. The number of hydrogen-bond donors (Lipinski definition) is 2. The van der Waals surface area contributed by atoms with Crippen LogP contribution in [0.5, 0.6) is 0 Å². The molecule has 1 aliphatic carbocycles. The Labute approximate surface area is 116 Å². The average molecular weight is 275 g/mol. The molecule has 1 aliphatic rings. The third kappa shape index (κ3) is 2.62. The van der Waals surface area contributed by atoms with Crippen LogP contribution in [0.1, 0.15) is 24.3 Å². The molecule has 4 nitrogen and oxygen atoms in total. The van der Waals surface area contributed by atoms with Crippen LogP contribution in [-0.2, 0) is 11.3 Å². The number of carbonyl (C=O) groups is 1. The fraction of sp³-hybridized carbons (Fsp3) is 0.429. The molecule has 2 aromatic rings. The number of aromatic nitrogens is 1. The molecule has 5 heteroatoms. The Kier molecular flexibility index (Phi) is 3.48. The predicted octanol–water partition coefficient (Wildman–Crippen LogP) is 2.04. The second-order valence-electron chi connectivity index (χ2n) is 4.99. The highest BCUT2D eigenvalue weighted by Crippen LogP contribution is 2.25. The highest BCUT2D eigenvalue weighted by molar-refractivity contribution is 7.18. The molecule has 2 unspecified atom stereocenters. The fourth-order valence-corrected chi connectivity index (χ4v) is 3.51. The summed E-state index contributed by atoms with van der Waals surface area (Å²) in [6, 6.07) is 8.04. The number of thiazole rings is 1. The number of amides is 1. The number of carbonyl (C=O) groups excluding carboxylic acids is 1. The molecule has 0 aliphatic heterocycles. The van der Waals surface area contributed by atoms with Crippen molar-refractivity contribution >= 4 is 27.5 Å². The van der Waals surface area contributed by atoms with Gasteiger partial charge in [-0.2, -0.15) is 0 Å². The minimum atomic E-state index is -0.0191. The Hall–Kier alpha value is -1.46. The maximum absolute atomic E-state index is 12.0. The van der Waals surface area contributed by atoms with E-state index in [-0.39, 0.29) is 17.9 Å². The standard InChI is InChI=1S/C14H17N3OS/c15-10-5-3-4-9(10)14(18)16-8-13-17-11-6-1-2-7-12(11)19-13/h1-2,6-7,9-10H,3-5,8,15H2,(H,16,18). The highest BCUT2D eigenvalue weighted by atomic mass is 32.1. The van der Waals surface area contributed by atoms with Crippen molar-refractivity contribution in [2.75, 3.05) is 0 Å². The van der Waals surface area contributed by atoms with E-state index in [0.29, 0.717) is 6.54 Å². The minimum absolute atomic E-state index is 0.0191. The predicted molar refractivity (Wildman–Crippen MR) is 76.8 cm³/mol. The first kappa shape index (κ1) is 12.6. The van der Waals surface area contributed by atoms with E-state index in [1.165, 1.54) is 0 Å². The van der Waals surface area contributed by atoms with Crippen molar-refractivity contribution in [1.29, 1.82) is 0 Å². The lowest BCUT2D eigenvalue weighted by Crippen LogP contribution is -2.38. The van der Waals surface area contributed by atoms with Gasteiger partial charge in [-0.05, 0) is 25.0 Å². The van der Waals surface area contributed by atoms with Crippen LogP contribution in [0.4, 0.5) is 0 Å².